The first kappa shape index (κ1) is 18.9. The van der Waals surface area contributed by atoms with Gasteiger partial charge in [-0.05, 0) is 44.6 Å². The number of benzene rings is 1. The first-order valence-corrected chi connectivity index (χ1v) is 9.00. The lowest BCUT2D eigenvalue weighted by atomic mass is 9.73. The molecule has 0 aliphatic carbocycles. The van der Waals surface area contributed by atoms with Crippen LogP contribution in [0.5, 0.6) is 0 Å². The van der Waals surface area contributed by atoms with Crippen molar-refractivity contribution in [2.45, 2.75) is 26.2 Å². The van der Waals surface area contributed by atoms with Crippen molar-refractivity contribution in [3.8, 4) is 0 Å². The molecule has 0 spiro atoms. The lowest BCUT2D eigenvalue weighted by Gasteiger charge is -2.31. The molecule has 5 nitrogen and oxygen atoms in total. The van der Waals surface area contributed by atoms with Crippen molar-refractivity contribution in [2.75, 3.05) is 39.1 Å². The molecule has 0 bridgehead atoms. The molecule has 0 amide bonds. The van der Waals surface area contributed by atoms with Crippen molar-refractivity contribution in [1.29, 1.82) is 0 Å². The van der Waals surface area contributed by atoms with Crippen molar-refractivity contribution in [1.82, 2.24) is 15.0 Å². The molecule has 2 aromatic rings. The Balaban J connectivity index is 2.31. The smallest absolute Gasteiger partial charge is 0.323 e. The summed E-state index contributed by atoms with van der Waals surface area (Å²) in [6.45, 7) is 8.32. The van der Waals surface area contributed by atoms with Crippen LogP contribution in [-0.2, 0) is 5.41 Å². The highest BCUT2D eigenvalue weighted by molar-refractivity contribution is 9.10. The molecule has 1 aromatic heterocycles. The first-order chi connectivity index (χ1) is 11.2. The van der Waals surface area contributed by atoms with Gasteiger partial charge < -0.3 is 14.3 Å². The number of rotatable bonds is 7. The number of halogens is 1. The van der Waals surface area contributed by atoms with Crippen LogP contribution in [0.15, 0.2) is 33.3 Å². The van der Waals surface area contributed by atoms with E-state index in [0.717, 1.165) is 23.4 Å². The molecule has 24 heavy (non-hydrogen) atoms. The van der Waals surface area contributed by atoms with Crippen LogP contribution in [0.1, 0.15) is 32.2 Å². The fourth-order valence-electron chi connectivity index (χ4n) is 2.54. The van der Waals surface area contributed by atoms with Crippen LogP contribution in [0.4, 0.5) is 6.01 Å². The number of likely N-dealkylation sites (N-methyl/N-ethyl adjacent to an activating group) is 2. The van der Waals surface area contributed by atoms with E-state index < -0.39 is 0 Å². The van der Waals surface area contributed by atoms with E-state index in [1.54, 1.807) is 0 Å². The largest absolute Gasteiger partial charge is 0.326 e. The van der Waals surface area contributed by atoms with E-state index in [1.807, 2.05) is 11.9 Å². The van der Waals surface area contributed by atoms with Crippen LogP contribution in [0.3, 0.4) is 0 Å². The second kappa shape index (κ2) is 7.66. The third kappa shape index (κ3) is 3.98. The molecule has 0 saturated carbocycles. The Kier molecular flexibility index (Phi) is 6.04. The molecule has 0 aliphatic heterocycles. The average Bonchev–Trinajstić information content (AvgIpc) is 3.02. The average molecular weight is 395 g/mol. The summed E-state index contributed by atoms with van der Waals surface area (Å²) in [5, 5.41) is 4.30. The van der Waals surface area contributed by atoms with E-state index >= 15 is 0 Å². The van der Waals surface area contributed by atoms with Gasteiger partial charge in [-0.2, -0.15) is 4.98 Å². The molecule has 0 radical (unpaired) electrons. The Hall–Kier alpha value is -1.40. The maximum atomic E-state index is 5.54. The van der Waals surface area contributed by atoms with E-state index in [-0.39, 0.29) is 5.41 Å². The van der Waals surface area contributed by atoms with Gasteiger partial charge in [-0.25, -0.2) is 0 Å². The van der Waals surface area contributed by atoms with Crippen LogP contribution < -0.4 is 4.90 Å². The van der Waals surface area contributed by atoms with Crippen LogP contribution >= 0.6 is 15.9 Å². The van der Waals surface area contributed by atoms with Gasteiger partial charge in [-0.15, -0.1) is 0 Å². The second-order valence-electron chi connectivity index (χ2n) is 6.99. The minimum Gasteiger partial charge on any atom is -0.326 e. The lowest BCUT2D eigenvalue weighted by Crippen LogP contribution is -2.32. The number of anilines is 1. The third-order valence-electron chi connectivity index (χ3n) is 4.69. The molecular weight excluding hydrogens is 368 g/mol. The predicted molar refractivity (Wildman–Crippen MR) is 102 cm³/mol. The van der Waals surface area contributed by atoms with Crippen molar-refractivity contribution in [2.24, 2.45) is 5.92 Å². The van der Waals surface area contributed by atoms with Crippen LogP contribution in [-0.4, -0.2) is 49.3 Å². The van der Waals surface area contributed by atoms with Gasteiger partial charge in [-0.3, -0.25) is 0 Å². The maximum Gasteiger partial charge on any atom is 0.323 e. The number of hydrogen-bond acceptors (Lipinski definition) is 5. The van der Waals surface area contributed by atoms with Gasteiger partial charge in [0.15, 0.2) is 5.82 Å². The SMILES string of the molecule is CC(C)C(C)(c1ccc(Br)cc1)c1noc(N(C)CCN(C)C)n1. The first-order valence-electron chi connectivity index (χ1n) is 8.21. The molecule has 132 valence electrons. The van der Waals surface area contributed by atoms with Gasteiger partial charge in [0.2, 0.25) is 0 Å². The monoisotopic (exact) mass is 394 g/mol. The number of aromatic nitrogens is 2. The van der Waals surface area contributed by atoms with E-state index in [1.165, 1.54) is 5.56 Å². The standard InChI is InChI=1S/C18H27BrN4O/c1-13(2)18(3,14-7-9-15(19)10-8-14)16-20-17(24-21-16)23(6)12-11-22(4)5/h7-10,13H,11-12H2,1-6H3. The second-order valence-corrected chi connectivity index (χ2v) is 7.91. The summed E-state index contributed by atoms with van der Waals surface area (Å²) in [4.78, 5) is 8.83. The zero-order chi connectivity index (χ0) is 17.9. The normalized spacial score (nSPS) is 14.2. The fraction of sp³-hybridized carbons (Fsp3) is 0.556. The Morgan fingerprint density at radius 1 is 1.12 bits per heavy atom. The summed E-state index contributed by atoms with van der Waals surface area (Å²) in [5.74, 6) is 1.06. The minimum absolute atomic E-state index is 0.301. The summed E-state index contributed by atoms with van der Waals surface area (Å²) in [5.41, 5.74) is 0.883. The molecule has 2 rings (SSSR count). The van der Waals surface area contributed by atoms with Crippen molar-refractivity contribution >= 4 is 21.9 Å². The highest BCUT2D eigenvalue weighted by Gasteiger charge is 2.37. The quantitative estimate of drug-likeness (QED) is 0.714. The molecule has 0 fully saturated rings. The highest BCUT2D eigenvalue weighted by Crippen LogP contribution is 2.38. The molecule has 6 heteroatoms. The lowest BCUT2D eigenvalue weighted by molar-refractivity contribution is 0.347. The fourth-order valence-corrected chi connectivity index (χ4v) is 2.81. The summed E-state index contributed by atoms with van der Waals surface area (Å²) in [6.07, 6.45) is 0. The zero-order valence-electron chi connectivity index (χ0n) is 15.4. The van der Waals surface area contributed by atoms with Gasteiger partial charge >= 0.3 is 6.01 Å². The Morgan fingerprint density at radius 3 is 2.29 bits per heavy atom. The van der Waals surface area contributed by atoms with E-state index in [0.29, 0.717) is 11.9 Å². The molecular formula is C18H27BrN4O. The molecule has 1 unspecified atom stereocenters. The minimum atomic E-state index is -0.301. The molecule has 1 aromatic carbocycles. The third-order valence-corrected chi connectivity index (χ3v) is 5.22. The van der Waals surface area contributed by atoms with Gasteiger partial charge in [0, 0.05) is 24.6 Å². The van der Waals surface area contributed by atoms with Crippen LogP contribution in [0, 0.1) is 5.92 Å². The van der Waals surface area contributed by atoms with Crippen molar-refractivity contribution in [3.05, 3.63) is 40.1 Å². The molecule has 1 heterocycles. The molecule has 1 atom stereocenters. The van der Waals surface area contributed by atoms with E-state index in [2.05, 4.69) is 85.1 Å². The molecule has 0 aliphatic rings. The number of hydrogen-bond donors (Lipinski definition) is 0. The Labute approximate surface area is 153 Å². The zero-order valence-corrected chi connectivity index (χ0v) is 17.0. The number of nitrogens with zero attached hydrogens (tertiary/aromatic N) is 4. The van der Waals surface area contributed by atoms with Crippen LogP contribution in [0.25, 0.3) is 0 Å². The summed E-state index contributed by atoms with van der Waals surface area (Å²) >= 11 is 3.50. The van der Waals surface area contributed by atoms with Gasteiger partial charge in [0.05, 0.1) is 5.41 Å². The summed E-state index contributed by atoms with van der Waals surface area (Å²) < 4.78 is 6.60. The Morgan fingerprint density at radius 2 is 1.75 bits per heavy atom. The topological polar surface area (TPSA) is 45.4 Å². The molecule has 0 saturated heterocycles. The van der Waals surface area contributed by atoms with Gasteiger partial charge in [0.1, 0.15) is 0 Å². The van der Waals surface area contributed by atoms with E-state index in [4.69, 9.17) is 9.51 Å². The predicted octanol–water partition coefficient (Wildman–Crippen LogP) is 3.79. The maximum absolute atomic E-state index is 5.54. The Bertz CT molecular complexity index is 653. The van der Waals surface area contributed by atoms with Crippen LogP contribution in [0.2, 0.25) is 0 Å². The highest BCUT2D eigenvalue weighted by atomic mass is 79.9. The summed E-state index contributed by atoms with van der Waals surface area (Å²) in [6, 6.07) is 8.92. The van der Waals surface area contributed by atoms with Crippen molar-refractivity contribution in [3.63, 3.8) is 0 Å². The molecule has 0 N–H and O–H groups in total. The van der Waals surface area contributed by atoms with Gasteiger partial charge in [0.25, 0.3) is 0 Å². The van der Waals surface area contributed by atoms with Gasteiger partial charge in [-0.1, -0.05) is 47.1 Å². The summed E-state index contributed by atoms with van der Waals surface area (Å²) in [7, 11) is 6.08. The van der Waals surface area contributed by atoms with Crippen molar-refractivity contribution < 1.29 is 4.52 Å². The van der Waals surface area contributed by atoms with E-state index in [9.17, 15) is 0 Å².